The van der Waals surface area contributed by atoms with Crippen LogP contribution in [0.25, 0.3) is 0 Å². The summed E-state index contributed by atoms with van der Waals surface area (Å²) in [6.07, 6.45) is 3.52. The maximum Gasteiger partial charge on any atom is 0.258 e. The molecule has 3 rings (SSSR count). The van der Waals surface area contributed by atoms with Crippen LogP contribution in [0.5, 0.6) is 17.2 Å². The number of nitrogens with zero attached hydrogens (tertiary/aromatic N) is 2. The molecule has 0 aliphatic rings. The molecule has 0 aliphatic heterocycles. The van der Waals surface area contributed by atoms with Gasteiger partial charge in [-0.05, 0) is 43.2 Å². The summed E-state index contributed by atoms with van der Waals surface area (Å²) in [6.45, 7) is 3.87. The van der Waals surface area contributed by atoms with Crippen molar-refractivity contribution in [3.05, 3.63) is 71.3 Å². The Bertz CT molecular complexity index is 1010. The summed E-state index contributed by atoms with van der Waals surface area (Å²) in [4.78, 5) is 17.2. The zero-order chi connectivity index (χ0) is 21.7. The van der Waals surface area contributed by atoms with Crippen molar-refractivity contribution in [2.75, 3.05) is 20.8 Å². The monoisotopic (exact) mass is 409 g/mol. The molecule has 0 fully saturated rings. The van der Waals surface area contributed by atoms with Gasteiger partial charge in [0.1, 0.15) is 29.1 Å². The highest BCUT2D eigenvalue weighted by Gasteiger charge is 2.22. The smallest absolute Gasteiger partial charge is 0.258 e. The highest BCUT2D eigenvalue weighted by Crippen LogP contribution is 2.29. The third-order valence-corrected chi connectivity index (χ3v) is 4.82. The molecule has 158 valence electrons. The summed E-state index contributed by atoms with van der Waals surface area (Å²) in [7, 11) is 5.06. The van der Waals surface area contributed by atoms with Crippen LogP contribution < -0.4 is 19.5 Å². The van der Waals surface area contributed by atoms with E-state index in [0.717, 1.165) is 16.7 Å². The third kappa shape index (κ3) is 4.92. The molecule has 1 amide bonds. The largest absolute Gasteiger partial charge is 0.497 e. The number of ether oxygens (including phenoxy) is 3. The van der Waals surface area contributed by atoms with Crippen molar-refractivity contribution in [1.29, 1.82) is 0 Å². The molecule has 0 aliphatic carbocycles. The van der Waals surface area contributed by atoms with Gasteiger partial charge in [0.05, 0.1) is 14.2 Å². The highest BCUT2D eigenvalue weighted by atomic mass is 16.5. The first kappa shape index (κ1) is 21.2. The molecule has 0 bridgehead atoms. The van der Waals surface area contributed by atoms with Gasteiger partial charge in [-0.2, -0.15) is 0 Å². The Morgan fingerprint density at radius 1 is 1.10 bits per heavy atom. The number of benzene rings is 2. The Hall–Kier alpha value is -3.48. The Kier molecular flexibility index (Phi) is 6.61. The molecule has 2 aromatic carbocycles. The quantitative estimate of drug-likeness (QED) is 0.618. The van der Waals surface area contributed by atoms with Gasteiger partial charge in [0.2, 0.25) is 0 Å². The van der Waals surface area contributed by atoms with Crippen molar-refractivity contribution >= 4 is 5.91 Å². The molecule has 0 spiro atoms. The average molecular weight is 409 g/mol. The number of aromatic nitrogens is 2. The summed E-state index contributed by atoms with van der Waals surface area (Å²) in [6, 6.07) is 10.8. The summed E-state index contributed by atoms with van der Waals surface area (Å²) >= 11 is 0. The number of carbonyl (C=O) groups excluding carboxylic acids is 1. The van der Waals surface area contributed by atoms with E-state index < -0.39 is 6.04 Å². The molecular weight excluding hydrogens is 382 g/mol. The number of imidazole rings is 1. The number of carbonyl (C=O) groups is 1. The lowest BCUT2D eigenvalue weighted by Crippen LogP contribution is -2.34. The molecule has 30 heavy (non-hydrogen) atoms. The topological polar surface area (TPSA) is 74.6 Å². The highest BCUT2D eigenvalue weighted by molar-refractivity contribution is 5.78. The van der Waals surface area contributed by atoms with Crippen molar-refractivity contribution in [2.45, 2.75) is 19.9 Å². The second kappa shape index (κ2) is 9.35. The van der Waals surface area contributed by atoms with Gasteiger partial charge in [-0.15, -0.1) is 0 Å². The normalized spacial score (nSPS) is 11.6. The minimum atomic E-state index is -0.496. The van der Waals surface area contributed by atoms with Crippen LogP contribution in [-0.4, -0.2) is 36.3 Å². The summed E-state index contributed by atoms with van der Waals surface area (Å²) in [5.41, 5.74) is 2.92. The van der Waals surface area contributed by atoms with Gasteiger partial charge >= 0.3 is 0 Å². The second-order valence-electron chi connectivity index (χ2n) is 7.10. The van der Waals surface area contributed by atoms with E-state index in [1.807, 2.05) is 62.0 Å². The number of hydrogen-bond acceptors (Lipinski definition) is 5. The fourth-order valence-corrected chi connectivity index (χ4v) is 3.26. The molecule has 1 N–H and O–H groups in total. The van der Waals surface area contributed by atoms with E-state index in [0.29, 0.717) is 23.1 Å². The van der Waals surface area contributed by atoms with Gasteiger partial charge in [-0.1, -0.05) is 17.7 Å². The second-order valence-corrected chi connectivity index (χ2v) is 7.10. The van der Waals surface area contributed by atoms with Gasteiger partial charge in [-0.3, -0.25) is 4.79 Å². The summed E-state index contributed by atoms with van der Waals surface area (Å²) < 4.78 is 18.4. The molecule has 1 unspecified atom stereocenters. The zero-order valence-electron chi connectivity index (χ0n) is 17.9. The molecule has 0 saturated carbocycles. The number of aryl methyl sites for hydroxylation is 3. The van der Waals surface area contributed by atoms with Gasteiger partial charge in [0.15, 0.2) is 6.61 Å². The predicted molar refractivity (Wildman–Crippen MR) is 114 cm³/mol. The fraction of sp³-hybridized carbons (Fsp3) is 0.304. The lowest BCUT2D eigenvalue weighted by molar-refractivity contribution is -0.123. The molecule has 0 saturated heterocycles. The van der Waals surface area contributed by atoms with Crippen molar-refractivity contribution in [1.82, 2.24) is 14.9 Å². The molecule has 1 heterocycles. The van der Waals surface area contributed by atoms with Crippen molar-refractivity contribution in [3.8, 4) is 17.2 Å². The van der Waals surface area contributed by atoms with Gasteiger partial charge in [0, 0.05) is 25.5 Å². The van der Waals surface area contributed by atoms with Crippen LogP contribution in [0.2, 0.25) is 0 Å². The Balaban J connectivity index is 1.83. The SMILES string of the molecule is COc1cc(OC)cc(C(NC(=O)COc2ccc(C)cc2C)c2nccn2C)c1. The van der Waals surface area contributed by atoms with E-state index >= 15 is 0 Å². The molecular formula is C23H27N3O4. The maximum absolute atomic E-state index is 12.8. The van der Waals surface area contributed by atoms with Crippen LogP contribution in [0.3, 0.4) is 0 Å². The Morgan fingerprint density at radius 3 is 2.37 bits per heavy atom. The Labute approximate surface area is 176 Å². The molecule has 0 radical (unpaired) electrons. The van der Waals surface area contributed by atoms with Crippen molar-refractivity contribution in [2.24, 2.45) is 7.05 Å². The van der Waals surface area contributed by atoms with Crippen LogP contribution in [0, 0.1) is 13.8 Å². The molecule has 3 aromatic rings. The minimum absolute atomic E-state index is 0.105. The van der Waals surface area contributed by atoms with E-state index in [2.05, 4.69) is 10.3 Å². The number of amides is 1. The van der Waals surface area contributed by atoms with Gasteiger partial charge in [0.25, 0.3) is 5.91 Å². The summed E-state index contributed by atoms with van der Waals surface area (Å²) in [5.74, 6) is 2.37. The van der Waals surface area contributed by atoms with Gasteiger partial charge < -0.3 is 24.1 Å². The van der Waals surface area contributed by atoms with E-state index in [9.17, 15) is 4.79 Å². The van der Waals surface area contributed by atoms with E-state index in [-0.39, 0.29) is 12.5 Å². The van der Waals surface area contributed by atoms with Crippen molar-refractivity contribution < 1.29 is 19.0 Å². The number of hydrogen-bond donors (Lipinski definition) is 1. The zero-order valence-corrected chi connectivity index (χ0v) is 17.9. The lowest BCUT2D eigenvalue weighted by atomic mass is 10.0. The lowest BCUT2D eigenvalue weighted by Gasteiger charge is -2.21. The van der Waals surface area contributed by atoms with E-state index in [1.165, 1.54) is 0 Å². The van der Waals surface area contributed by atoms with Crippen LogP contribution in [0.1, 0.15) is 28.6 Å². The first-order valence-electron chi connectivity index (χ1n) is 9.61. The van der Waals surface area contributed by atoms with Crippen LogP contribution in [0.15, 0.2) is 48.8 Å². The van der Waals surface area contributed by atoms with Crippen molar-refractivity contribution in [3.63, 3.8) is 0 Å². The predicted octanol–water partition coefficient (Wildman–Crippen LogP) is 3.34. The summed E-state index contributed by atoms with van der Waals surface area (Å²) in [5, 5.41) is 3.02. The fourth-order valence-electron chi connectivity index (χ4n) is 3.26. The average Bonchev–Trinajstić information content (AvgIpc) is 3.16. The van der Waals surface area contributed by atoms with Crippen LogP contribution in [0.4, 0.5) is 0 Å². The molecule has 7 heteroatoms. The molecule has 7 nitrogen and oxygen atoms in total. The number of rotatable bonds is 8. The standard InChI is InChI=1S/C23H27N3O4/c1-15-6-7-20(16(2)10-15)30-14-21(27)25-22(23-24-8-9-26(23)3)17-11-18(28-4)13-19(12-17)29-5/h6-13,22H,14H2,1-5H3,(H,25,27). The third-order valence-electron chi connectivity index (χ3n) is 4.82. The number of methoxy groups -OCH3 is 2. The van der Waals surface area contributed by atoms with Gasteiger partial charge in [-0.25, -0.2) is 4.98 Å². The minimum Gasteiger partial charge on any atom is -0.497 e. The Morgan fingerprint density at radius 2 is 1.80 bits per heavy atom. The molecule has 1 aromatic heterocycles. The van der Waals surface area contributed by atoms with Crippen LogP contribution in [-0.2, 0) is 11.8 Å². The maximum atomic E-state index is 12.8. The number of nitrogens with one attached hydrogen (secondary N) is 1. The first-order valence-corrected chi connectivity index (χ1v) is 9.61. The van der Waals surface area contributed by atoms with Crippen LogP contribution >= 0.6 is 0 Å². The van der Waals surface area contributed by atoms with E-state index in [1.54, 1.807) is 26.5 Å². The molecule has 1 atom stereocenters. The first-order chi connectivity index (χ1) is 14.4. The van der Waals surface area contributed by atoms with E-state index in [4.69, 9.17) is 14.2 Å².